The van der Waals surface area contributed by atoms with E-state index in [1.165, 1.54) is 6.33 Å². The molecule has 30 heavy (non-hydrogen) atoms. The summed E-state index contributed by atoms with van der Waals surface area (Å²) in [5.41, 5.74) is 2.33. The number of aryl methyl sites for hydroxylation is 1. The van der Waals surface area contributed by atoms with E-state index < -0.39 is 4.92 Å². The minimum atomic E-state index is -0.404. The molecule has 0 aliphatic carbocycles. The van der Waals surface area contributed by atoms with Gasteiger partial charge in [-0.2, -0.15) is 0 Å². The molecule has 1 N–H and O–H groups in total. The lowest BCUT2D eigenvalue weighted by molar-refractivity contribution is -0.383. The number of hydrogen-bond acceptors (Lipinski definition) is 7. The van der Waals surface area contributed by atoms with Gasteiger partial charge >= 0.3 is 5.69 Å². The van der Waals surface area contributed by atoms with Gasteiger partial charge in [0.05, 0.1) is 10.4 Å². The van der Waals surface area contributed by atoms with Gasteiger partial charge in [0, 0.05) is 29.9 Å². The first kappa shape index (κ1) is 21.4. The van der Waals surface area contributed by atoms with Gasteiger partial charge in [0.15, 0.2) is 0 Å². The molecule has 2 aromatic heterocycles. The highest BCUT2D eigenvalue weighted by molar-refractivity contribution is 5.94. The van der Waals surface area contributed by atoms with E-state index in [2.05, 4.69) is 48.0 Å². The molecule has 0 saturated carbocycles. The average molecular weight is 409 g/mol. The second-order valence-electron chi connectivity index (χ2n) is 8.29. The Bertz CT molecular complexity index is 1040. The van der Waals surface area contributed by atoms with Crippen LogP contribution in [0.5, 0.6) is 0 Å². The Morgan fingerprint density at radius 3 is 2.40 bits per heavy atom. The number of pyridine rings is 1. The first-order valence-electron chi connectivity index (χ1n) is 10.1. The molecule has 3 rings (SSSR count). The molecule has 1 aromatic carbocycles. The van der Waals surface area contributed by atoms with Crippen molar-refractivity contribution < 1.29 is 4.92 Å². The predicted octanol–water partition coefficient (Wildman–Crippen LogP) is 5.10. The second-order valence-corrected chi connectivity index (χ2v) is 8.29. The van der Waals surface area contributed by atoms with Crippen molar-refractivity contribution >= 4 is 33.9 Å². The fraction of sp³-hybridized carbons (Fsp3) is 0.409. The largest absolute Gasteiger partial charge is 0.353 e. The zero-order valence-corrected chi connectivity index (χ0v) is 18.1. The normalized spacial score (nSPS) is 11.3. The van der Waals surface area contributed by atoms with Crippen LogP contribution in [-0.2, 0) is 0 Å². The standard InChI is InChI=1S/C22H28N6O2/c1-14(2)11-27(12-15(3)4)22-20(28(29)30)21(23-13-24-22)26-19-8-6-7-18-17(19)10-9-16(5)25-18/h6-10,13-15H,11-12H2,1-5H3,(H,23,24,26). The molecule has 0 aliphatic rings. The van der Waals surface area contributed by atoms with E-state index >= 15 is 0 Å². The van der Waals surface area contributed by atoms with Crippen molar-refractivity contribution in [2.45, 2.75) is 34.6 Å². The molecule has 0 unspecified atom stereocenters. The van der Waals surface area contributed by atoms with Crippen molar-refractivity contribution in [1.29, 1.82) is 0 Å². The zero-order valence-electron chi connectivity index (χ0n) is 18.1. The van der Waals surface area contributed by atoms with Crippen molar-refractivity contribution in [2.24, 2.45) is 11.8 Å². The lowest BCUT2D eigenvalue weighted by Gasteiger charge is -2.27. The van der Waals surface area contributed by atoms with Crippen molar-refractivity contribution in [3.63, 3.8) is 0 Å². The van der Waals surface area contributed by atoms with Crippen LogP contribution in [0.3, 0.4) is 0 Å². The molecule has 3 aromatic rings. The molecule has 0 atom stereocenters. The van der Waals surface area contributed by atoms with E-state index in [4.69, 9.17) is 0 Å². The van der Waals surface area contributed by atoms with Gasteiger partial charge in [0.1, 0.15) is 6.33 Å². The van der Waals surface area contributed by atoms with Crippen LogP contribution in [0.25, 0.3) is 10.9 Å². The fourth-order valence-corrected chi connectivity index (χ4v) is 3.48. The number of nitrogens with one attached hydrogen (secondary N) is 1. The number of hydrogen-bond donors (Lipinski definition) is 1. The van der Waals surface area contributed by atoms with Gasteiger partial charge in [0.2, 0.25) is 11.6 Å². The van der Waals surface area contributed by atoms with Crippen molar-refractivity contribution in [2.75, 3.05) is 23.3 Å². The van der Waals surface area contributed by atoms with Crippen molar-refractivity contribution in [1.82, 2.24) is 15.0 Å². The summed E-state index contributed by atoms with van der Waals surface area (Å²) in [6, 6.07) is 9.53. The van der Waals surface area contributed by atoms with E-state index in [0.717, 1.165) is 16.6 Å². The first-order valence-corrected chi connectivity index (χ1v) is 10.1. The Balaban J connectivity index is 2.08. The van der Waals surface area contributed by atoms with Crippen molar-refractivity contribution in [3.05, 3.63) is 52.5 Å². The summed E-state index contributed by atoms with van der Waals surface area (Å²) < 4.78 is 0. The third-order valence-corrected chi connectivity index (χ3v) is 4.58. The Morgan fingerprint density at radius 1 is 1.07 bits per heavy atom. The highest BCUT2D eigenvalue weighted by Gasteiger charge is 2.28. The van der Waals surface area contributed by atoms with Gasteiger partial charge in [0.25, 0.3) is 0 Å². The summed E-state index contributed by atoms with van der Waals surface area (Å²) in [5.74, 6) is 1.19. The summed E-state index contributed by atoms with van der Waals surface area (Å²) in [6.07, 6.45) is 1.38. The Morgan fingerprint density at radius 2 is 1.77 bits per heavy atom. The monoisotopic (exact) mass is 408 g/mol. The molecule has 0 aliphatic heterocycles. The van der Waals surface area contributed by atoms with E-state index in [1.54, 1.807) is 0 Å². The zero-order chi connectivity index (χ0) is 21.8. The molecule has 0 saturated heterocycles. The minimum Gasteiger partial charge on any atom is -0.350 e. The smallest absolute Gasteiger partial charge is 0.350 e. The third-order valence-electron chi connectivity index (χ3n) is 4.58. The third kappa shape index (κ3) is 4.82. The molecular weight excluding hydrogens is 380 g/mol. The summed E-state index contributed by atoms with van der Waals surface area (Å²) >= 11 is 0. The first-order chi connectivity index (χ1) is 14.3. The van der Waals surface area contributed by atoms with Gasteiger partial charge in [-0.05, 0) is 43.0 Å². The van der Waals surface area contributed by atoms with Crippen LogP contribution in [0.2, 0.25) is 0 Å². The molecule has 0 amide bonds. The Labute approximate surface area is 176 Å². The lowest BCUT2D eigenvalue weighted by atomic mass is 10.1. The van der Waals surface area contributed by atoms with Crippen LogP contribution >= 0.6 is 0 Å². The maximum absolute atomic E-state index is 12.1. The molecule has 158 valence electrons. The van der Waals surface area contributed by atoms with Gasteiger partial charge in [-0.25, -0.2) is 9.97 Å². The van der Waals surface area contributed by atoms with Crippen LogP contribution in [0.15, 0.2) is 36.7 Å². The molecular formula is C22H28N6O2. The number of fused-ring (bicyclic) bond motifs is 1. The van der Waals surface area contributed by atoms with Crippen LogP contribution in [0.1, 0.15) is 33.4 Å². The number of anilines is 3. The highest BCUT2D eigenvalue weighted by Crippen LogP contribution is 2.35. The summed E-state index contributed by atoms with van der Waals surface area (Å²) in [7, 11) is 0. The summed E-state index contributed by atoms with van der Waals surface area (Å²) in [4.78, 5) is 26.7. The van der Waals surface area contributed by atoms with E-state index in [0.29, 0.717) is 36.4 Å². The molecule has 2 heterocycles. The molecule has 8 nitrogen and oxygen atoms in total. The van der Waals surface area contributed by atoms with E-state index in [-0.39, 0.29) is 11.5 Å². The number of nitro groups is 1. The van der Waals surface area contributed by atoms with E-state index in [9.17, 15) is 10.1 Å². The predicted molar refractivity (Wildman–Crippen MR) is 120 cm³/mol. The second kappa shape index (κ2) is 9.02. The summed E-state index contributed by atoms with van der Waals surface area (Å²) in [5, 5.41) is 16.1. The van der Waals surface area contributed by atoms with Crippen LogP contribution < -0.4 is 10.2 Å². The SMILES string of the molecule is Cc1ccc2c(Nc3ncnc(N(CC(C)C)CC(C)C)c3[N+](=O)[O-])cccc2n1. The molecule has 8 heteroatoms. The molecule has 0 bridgehead atoms. The fourth-order valence-electron chi connectivity index (χ4n) is 3.48. The number of aromatic nitrogens is 3. The van der Waals surface area contributed by atoms with Gasteiger partial charge in [-0.15, -0.1) is 0 Å². The summed E-state index contributed by atoms with van der Waals surface area (Å²) in [6.45, 7) is 11.6. The highest BCUT2D eigenvalue weighted by atomic mass is 16.6. The molecule has 0 radical (unpaired) electrons. The van der Waals surface area contributed by atoms with Crippen LogP contribution in [-0.4, -0.2) is 33.0 Å². The van der Waals surface area contributed by atoms with Crippen LogP contribution in [0.4, 0.5) is 23.0 Å². The topological polar surface area (TPSA) is 97.1 Å². The van der Waals surface area contributed by atoms with E-state index in [1.807, 2.05) is 42.2 Å². The quantitative estimate of drug-likeness (QED) is 0.409. The van der Waals surface area contributed by atoms with Gasteiger partial charge in [-0.3, -0.25) is 15.1 Å². The maximum atomic E-state index is 12.1. The van der Waals surface area contributed by atoms with Crippen molar-refractivity contribution in [3.8, 4) is 0 Å². The minimum absolute atomic E-state index is 0.115. The van der Waals surface area contributed by atoms with Gasteiger partial charge in [-0.1, -0.05) is 33.8 Å². The molecule has 0 fully saturated rings. The molecule has 0 spiro atoms. The lowest BCUT2D eigenvalue weighted by Crippen LogP contribution is -2.32. The Kier molecular flexibility index (Phi) is 6.44. The van der Waals surface area contributed by atoms with Gasteiger partial charge < -0.3 is 10.2 Å². The Hall–Kier alpha value is -3.29. The number of rotatable bonds is 8. The van der Waals surface area contributed by atoms with Crippen LogP contribution in [0, 0.1) is 28.9 Å². The average Bonchev–Trinajstić information content (AvgIpc) is 2.66. The maximum Gasteiger partial charge on any atom is 0.353 e. The number of nitrogens with zero attached hydrogens (tertiary/aromatic N) is 5. The number of benzene rings is 1.